The lowest BCUT2D eigenvalue weighted by Crippen LogP contribution is -2.61. The first-order chi connectivity index (χ1) is 8.79. The first-order valence-electron chi connectivity index (χ1n) is 7.53. The monoisotopic (exact) mass is 251 g/mol. The molecule has 4 heteroatoms. The lowest BCUT2D eigenvalue weighted by atomic mass is 9.92. The Labute approximate surface area is 109 Å². The first-order valence-corrected chi connectivity index (χ1v) is 7.53. The van der Waals surface area contributed by atoms with Crippen LogP contribution in [0.15, 0.2) is 0 Å². The van der Waals surface area contributed by atoms with E-state index in [4.69, 9.17) is 0 Å². The van der Waals surface area contributed by atoms with E-state index in [2.05, 4.69) is 15.5 Å². The topological polar surface area (TPSA) is 44.4 Å². The van der Waals surface area contributed by atoms with Crippen LogP contribution in [0, 0.1) is 11.8 Å². The quantitative estimate of drug-likeness (QED) is 0.771. The number of rotatable bonds is 3. The van der Waals surface area contributed by atoms with E-state index in [0.717, 1.165) is 38.0 Å². The molecule has 2 bridgehead atoms. The lowest BCUT2D eigenvalue weighted by molar-refractivity contribution is -0.128. The van der Waals surface area contributed by atoms with Crippen LogP contribution < -0.4 is 10.6 Å². The highest BCUT2D eigenvalue weighted by atomic mass is 16.2. The summed E-state index contributed by atoms with van der Waals surface area (Å²) in [4.78, 5) is 14.7. The number of fused-ring (bicyclic) bond motifs is 2. The lowest BCUT2D eigenvalue weighted by Gasteiger charge is -2.42. The van der Waals surface area contributed by atoms with Crippen molar-refractivity contribution in [3.05, 3.63) is 0 Å². The van der Waals surface area contributed by atoms with E-state index < -0.39 is 0 Å². The average Bonchev–Trinajstić information content (AvgIpc) is 3.01. The molecule has 1 aliphatic heterocycles. The minimum absolute atomic E-state index is 0.0584. The van der Waals surface area contributed by atoms with Gasteiger partial charge in [0.05, 0.1) is 0 Å². The molecule has 0 aromatic carbocycles. The van der Waals surface area contributed by atoms with Gasteiger partial charge in [-0.25, -0.2) is 0 Å². The molecule has 3 fully saturated rings. The first kappa shape index (κ1) is 12.4. The van der Waals surface area contributed by atoms with Crippen LogP contribution >= 0.6 is 0 Å². The number of carbonyl (C=O) groups is 1. The number of hydrogen-bond donors (Lipinski definition) is 2. The van der Waals surface area contributed by atoms with Crippen LogP contribution in [0.4, 0.5) is 0 Å². The minimum Gasteiger partial charge on any atom is -0.355 e. The summed E-state index contributed by atoms with van der Waals surface area (Å²) in [7, 11) is 0. The van der Waals surface area contributed by atoms with Gasteiger partial charge in [-0.2, -0.15) is 0 Å². The fraction of sp³-hybridized carbons (Fsp3) is 0.929. The molecule has 3 aliphatic rings. The van der Waals surface area contributed by atoms with Gasteiger partial charge < -0.3 is 10.6 Å². The fourth-order valence-corrected chi connectivity index (χ4v) is 4.27. The summed E-state index contributed by atoms with van der Waals surface area (Å²) in [5.41, 5.74) is 0. The van der Waals surface area contributed by atoms with Crippen molar-refractivity contribution in [3.8, 4) is 0 Å². The van der Waals surface area contributed by atoms with Gasteiger partial charge in [0.15, 0.2) is 0 Å². The van der Waals surface area contributed by atoms with E-state index in [1.165, 1.54) is 25.7 Å². The van der Waals surface area contributed by atoms with Gasteiger partial charge in [0.2, 0.25) is 5.91 Å². The molecule has 0 aromatic rings. The highest BCUT2D eigenvalue weighted by Gasteiger charge is 2.45. The molecule has 4 atom stereocenters. The number of amides is 1. The molecule has 1 amide bonds. The van der Waals surface area contributed by atoms with Crippen molar-refractivity contribution in [1.29, 1.82) is 0 Å². The van der Waals surface area contributed by atoms with E-state index in [0.29, 0.717) is 6.04 Å². The maximum Gasteiger partial charge on any atom is 0.238 e. The zero-order valence-electron chi connectivity index (χ0n) is 11.3. The number of hydrogen-bond acceptors (Lipinski definition) is 3. The standard InChI is InChI=1S/C14H25N3O/c1-2-16-14(18)13-9-15-5-6-17(13)12-8-10-3-4-11(12)7-10/h10-13,15H,2-9H2,1H3,(H,16,18). The van der Waals surface area contributed by atoms with E-state index in [-0.39, 0.29) is 11.9 Å². The molecule has 4 nitrogen and oxygen atoms in total. The van der Waals surface area contributed by atoms with Crippen LogP contribution in [0.25, 0.3) is 0 Å². The Morgan fingerprint density at radius 2 is 2.28 bits per heavy atom. The summed E-state index contributed by atoms with van der Waals surface area (Å²) in [5.74, 6) is 2.03. The van der Waals surface area contributed by atoms with Gasteiger partial charge >= 0.3 is 0 Å². The van der Waals surface area contributed by atoms with Gasteiger partial charge in [-0.1, -0.05) is 6.42 Å². The van der Waals surface area contributed by atoms with E-state index in [9.17, 15) is 4.79 Å². The van der Waals surface area contributed by atoms with Crippen molar-refractivity contribution < 1.29 is 4.79 Å². The predicted octanol–water partition coefficient (Wildman–Crippen LogP) is 0.585. The largest absolute Gasteiger partial charge is 0.355 e. The second-order valence-electron chi connectivity index (χ2n) is 6.09. The Hall–Kier alpha value is -0.610. The molecule has 1 heterocycles. The van der Waals surface area contributed by atoms with Crippen molar-refractivity contribution in [2.24, 2.45) is 11.8 Å². The number of nitrogens with one attached hydrogen (secondary N) is 2. The molecular weight excluding hydrogens is 226 g/mol. The van der Waals surface area contributed by atoms with Gasteiger partial charge in [-0.3, -0.25) is 9.69 Å². The maximum atomic E-state index is 12.2. The van der Waals surface area contributed by atoms with E-state index >= 15 is 0 Å². The molecular formula is C14H25N3O. The Morgan fingerprint density at radius 3 is 2.94 bits per heavy atom. The zero-order valence-corrected chi connectivity index (χ0v) is 11.3. The number of likely N-dealkylation sites (N-methyl/N-ethyl adjacent to an activating group) is 1. The molecule has 2 aliphatic carbocycles. The summed E-state index contributed by atoms with van der Waals surface area (Å²) < 4.78 is 0. The summed E-state index contributed by atoms with van der Waals surface area (Å²) >= 11 is 0. The predicted molar refractivity (Wildman–Crippen MR) is 71.3 cm³/mol. The van der Waals surface area contributed by atoms with Crippen LogP contribution in [0.3, 0.4) is 0 Å². The molecule has 0 aromatic heterocycles. The smallest absolute Gasteiger partial charge is 0.238 e. The van der Waals surface area contributed by atoms with Crippen LogP contribution in [0.2, 0.25) is 0 Å². The molecule has 1 saturated heterocycles. The van der Waals surface area contributed by atoms with Gasteiger partial charge in [0, 0.05) is 32.2 Å². The number of nitrogens with zero attached hydrogens (tertiary/aromatic N) is 1. The van der Waals surface area contributed by atoms with Gasteiger partial charge in [0.1, 0.15) is 6.04 Å². The number of piperazine rings is 1. The Kier molecular flexibility index (Phi) is 3.57. The summed E-state index contributed by atoms with van der Waals surface area (Å²) in [5, 5.41) is 6.36. The SMILES string of the molecule is CCNC(=O)C1CNCCN1C1CC2CCC1C2. The van der Waals surface area contributed by atoms with E-state index in [1.807, 2.05) is 6.92 Å². The molecule has 0 radical (unpaired) electrons. The summed E-state index contributed by atoms with van der Waals surface area (Å²) in [6, 6.07) is 0.738. The summed E-state index contributed by atoms with van der Waals surface area (Å²) in [6.07, 6.45) is 5.57. The molecule has 2 N–H and O–H groups in total. The van der Waals surface area contributed by atoms with Crippen molar-refractivity contribution in [2.75, 3.05) is 26.2 Å². The minimum atomic E-state index is 0.0584. The highest BCUT2D eigenvalue weighted by molar-refractivity contribution is 5.82. The molecule has 18 heavy (non-hydrogen) atoms. The molecule has 2 saturated carbocycles. The second-order valence-corrected chi connectivity index (χ2v) is 6.09. The van der Waals surface area contributed by atoms with Gasteiger partial charge in [-0.05, 0) is 38.0 Å². The molecule has 3 rings (SSSR count). The molecule has 4 unspecified atom stereocenters. The fourth-order valence-electron chi connectivity index (χ4n) is 4.27. The highest BCUT2D eigenvalue weighted by Crippen LogP contribution is 2.47. The van der Waals surface area contributed by atoms with Crippen molar-refractivity contribution in [1.82, 2.24) is 15.5 Å². The van der Waals surface area contributed by atoms with Gasteiger partial charge in [-0.15, -0.1) is 0 Å². The molecule has 0 spiro atoms. The van der Waals surface area contributed by atoms with Crippen molar-refractivity contribution in [3.63, 3.8) is 0 Å². The Balaban J connectivity index is 1.69. The van der Waals surface area contributed by atoms with Crippen LogP contribution in [-0.2, 0) is 4.79 Å². The average molecular weight is 251 g/mol. The zero-order chi connectivity index (χ0) is 12.5. The Bertz CT molecular complexity index is 320. The van der Waals surface area contributed by atoms with Crippen LogP contribution in [0.5, 0.6) is 0 Å². The Morgan fingerprint density at radius 1 is 1.39 bits per heavy atom. The van der Waals surface area contributed by atoms with Crippen molar-refractivity contribution >= 4 is 5.91 Å². The maximum absolute atomic E-state index is 12.2. The third kappa shape index (κ3) is 2.16. The molecule has 102 valence electrons. The van der Waals surface area contributed by atoms with Crippen LogP contribution in [-0.4, -0.2) is 49.1 Å². The third-order valence-electron chi connectivity index (χ3n) is 5.07. The third-order valence-corrected chi connectivity index (χ3v) is 5.07. The second kappa shape index (κ2) is 5.17. The van der Waals surface area contributed by atoms with Crippen molar-refractivity contribution in [2.45, 2.75) is 44.7 Å². The van der Waals surface area contributed by atoms with E-state index in [1.54, 1.807) is 0 Å². The summed E-state index contributed by atoms with van der Waals surface area (Å²) in [6.45, 7) is 5.62. The number of carbonyl (C=O) groups excluding carboxylic acids is 1. The van der Waals surface area contributed by atoms with Gasteiger partial charge in [0.25, 0.3) is 0 Å². The normalized spacial score (nSPS) is 40.1. The van der Waals surface area contributed by atoms with Crippen LogP contribution in [0.1, 0.15) is 32.6 Å².